The number of carbonyl (C=O) groups excluding carboxylic acids is 2. The maximum atomic E-state index is 14.2. The van der Waals surface area contributed by atoms with E-state index >= 15 is 0 Å². The molecule has 2 aliphatic rings. The molecule has 1 atom stereocenters. The van der Waals surface area contributed by atoms with Crippen molar-refractivity contribution < 1.29 is 14.3 Å². The van der Waals surface area contributed by atoms with E-state index in [1.807, 2.05) is 17.0 Å². The normalized spacial score (nSPS) is 19.4. The highest BCUT2D eigenvalue weighted by Gasteiger charge is 2.56. The summed E-state index contributed by atoms with van der Waals surface area (Å²) in [7, 11) is 1.40. The Labute approximate surface area is 219 Å². The second-order valence-corrected chi connectivity index (χ2v) is 9.67. The third-order valence-electron chi connectivity index (χ3n) is 6.98. The number of rotatable bonds is 5. The Kier molecular flexibility index (Phi) is 6.36. The maximum Gasteiger partial charge on any atom is 0.255 e. The number of nitriles is 1. The molecular weight excluding hydrogens is 492 g/mol. The number of hydrogen-bond donors (Lipinski definition) is 0. The Hall–Kier alpha value is -4.29. The van der Waals surface area contributed by atoms with Gasteiger partial charge in [0.1, 0.15) is 24.0 Å². The van der Waals surface area contributed by atoms with E-state index in [1.54, 1.807) is 53.4 Å². The molecule has 5 rings (SSSR count). The van der Waals surface area contributed by atoms with Crippen molar-refractivity contribution in [3.05, 3.63) is 87.9 Å². The lowest BCUT2D eigenvalue weighted by Crippen LogP contribution is -2.69. The fourth-order valence-corrected chi connectivity index (χ4v) is 5.11. The third kappa shape index (κ3) is 4.52. The molecule has 1 aromatic heterocycles. The molecule has 0 aliphatic carbocycles. The van der Waals surface area contributed by atoms with Gasteiger partial charge in [-0.2, -0.15) is 5.26 Å². The van der Waals surface area contributed by atoms with Gasteiger partial charge in [0.25, 0.3) is 11.6 Å². The number of nitroso groups, excluding NO2 is 1. The van der Waals surface area contributed by atoms with Crippen molar-refractivity contribution in [2.75, 3.05) is 36.5 Å². The van der Waals surface area contributed by atoms with Gasteiger partial charge in [-0.1, -0.05) is 23.7 Å². The average molecular weight is 516 g/mol. The van der Waals surface area contributed by atoms with Gasteiger partial charge in [-0.15, -0.1) is 0 Å². The lowest BCUT2D eigenvalue weighted by Gasteiger charge is -2.47. The van der Waals surface area contributed by atoms with Crippen LogP contribution in [0.15, 0.2) is 66.9 Å². The molecule has 1 spiro atoms. The SMILES string of the molecule is C[N+](=O)c1ccc(N2CC(=O)N(Cc3ccc(Cl)cc3)C3(CCN(c4ccc(C#N)cn4)C3)C2=O)cc1. The zero-order chi connectivity index (χ0) is 26.2. The van der Waals surface area contributed by atoms with E-state index in [2.05, 4.69) is 11.1 Å². The molecule has 1 unspecified atom stereocenters. The lowest BCUT2D eigenvalue weighted by molar-refractivity contribution is -0.428. The smallest absolute Gasteiger partial charge is 0.255 e. The molecule has 0 radical (unpaired) electrons. The van der Waals surface area contributed by atoms with Crippen LogP contribution >= 0.6 is 11.6 Å². The van der Waals surface area contributed by atoms with E-state index < -0.39 is 5.54 Å². The predicted octanol–water partition coefficient (Wildman–Crippen LogP) is 3.67. The zero-order valence-corrected chi connectivity index (χ0v) is 20.9. The predicted molar refractivity (Wildman–Crippen MR) is 139 cm³/mol. The summed E-state index contributed by atoms with van der Waals surface area (Å²) in [5.74, 6) is 0.289. The van der Waals surface area contributed by atoms with Crippen LogP contribution in [0.1, 0.15) is 17.5 Å². The maximum absolute atomic E-state index is 14.2. The number of amides is 2. The number of halogens is 1. The van der Waals surface area contributed by atoms with Crippen molar-refractivity contribution >= 4 is 40.6 Å². The molecule has 2 aromatic carbocycles. The van der Waals surface area contributed by atoms with Crippen molar-refractivity contribution in [2.24, 2.45) is 0 Å². The van der Waals surface area contributed by atoms with Gasteiger partial charge in [0.05, 0.1) is 12.1 Å². The fraction of sp³-hybridized carbons (Fsp3) is 0.259. The monoisotopic (exact) mass is 515 g/mol. The van der Waals surface area contributed by atoms with Crippen LogP contribution in [0.5, 0.6) is 0 Å². The van der Waals surface area contributed by atoms with E-state index in [4.69, 9.17) is 16.9 Å². The third-order valence-corrected chi connectivity index (χ3v) is 7.23. The number of pyridine rings is 1. The number of benzene rings is 2. The number of carbonyl (C=O) groups is 2. The van der Waals surface area contributed by atoms with Crippen LogP contribution in [0.3, 0.4) is 0 Å². The van der Waals surface area contributed by atoms with Gasteiger partial charge in [0.2, 0.25) is 5.91 Å². The zero-order valence-electron chi connectivity index (χ0n) is 20.2. The molecule has 0 N–H and O–H groups in total. The van der Waals surface area contributed by atoms with Gasteiger partial charge < -0.3 is 14.7 Å². The standard InChI is InChI=1S/C27H24ClN6O3/c1-31(37)22-7-9-23(10-8-22)33-17-25(35)34(16-19-2-5-21(28)6-3-19)27(26(33)36)12-13-32(18-27)24-11-4-20(14-29)15-30-24/h2-11,15H,12-13,16-18H2,1H3/q+1. The molecule has 10 heteroatoms. The summed E-state index contributed by atoms with van der Waals surface area (Å²) in [6.07, 6.45) is 1.92. The number of aromatic nitrogens is 1. The van der Waals surface area contributed by atoms with Crippen LogP contribution in [0.2, 0.25) is 5.02 Å². The molecule has 9 nitrogen and oxygen atoms in total. The number of piperazine rings is 1. The van der Waals surface area contributed by atoms with Gasteiger partial charge in [-0.25, -0.2) is 4.98 Å². The summed E-state index contributed by atoms with van der Waals surface area (Å²) in [6.45, 7) is 0.949. The topological polar surface area (TPSA) is 101 Å². The van der Waals surface area contributed by atoms with E-state index in [-0.39, 0.29) is 31.4 Å². The number of anilines is 2. The van der Waals surface area contributed by atoms with Gasteiger partial charge in [-0.05, 0) is 48.4 Å². The Morgan fingerprint density at radius 1 is 1.08 bits per heavy atom. The van der Waals surface area contributed by atoms with Crippen LogP contribution in [-0.2, 0) is 16.1 Å². The van der Waals surface area contributed by atoms with Crippen molar-refractivity contribution in [3.63, 3.8) is 0 Å². The fourth-order valence-electron chi connectivity index (χ4n) is 4.98. The second kappa shape index (κ2) is 9.64. The number of nitrogens with zero attached hydrogens (tertiary/aromatic N) is 6. The molecule has 2 aliphatic heterocycles. The molecule has 2 saturated heterocycles. The van der Waals surface area contributed by atoms with Gasteiger partial charge in [0, 0.05) is 51.8 Å². The summed E-state index contributed by atoms with van der Waals surface area (Å²) in [4.78, 5) is 49.0. The minimum absolute atomic E-state index is 0.101. The summed E-state index contributed by atoms with van der Waals surface area (Å²) in [5.41, 5.74) is 1.22. The first-order valence-electron chi connectivity index (χ1n) is 11.8. The van der Waals surface area contributed by atoms with E-state index in [1.165, 1.54) is 18.1 Å². The van der Waals surface area contributed by atoms with Gasteiger partial charge >= 0.3 is 0 Å². The van der Waals surface area contributed by atoms with Crippen LogP contribution in [0, 0.1) is 16.2 Å². The highest BCUT2D eigenvalue weighted by molar-refractivity contribution is 6.30. The second-order valence-electron chi connectivity index (χ2n) is 9.23. The molecule has 0 saturated carbocycles. The van der Waals surface area contributed by atoms with E-state index in [0.717, 1.165) is 10.3 Å². The summed E-state index contributed by atoms with van der Waals surface area (Å²) < 4.78 is 0.738. The summed E-state index contributed by atoms with van der Waals surface area (Å²) in [5, 5.41) is 9.70. The quantitative estimate of drug-likeness (QED) is 0.481. The molecular formula is C27H24ClN6O3+. The van der Waals surface area contributed by atoms with Crippen LogP contribution in [-0.4, -0.2) is 58.7 Å². The largest absolute Gasteiger partial charge is 0.354 e. The molecule has 3 aromatic rings. The molecule has 0 bridgehead atoms. The summed E-state index contributed by atoms with van der Waals surface area (Å²) in [6, 6.07) is 19.4. The Morgan fingerprint density at radius 2 is 1.81 bits per heavy atom. The van der Waals surface area contributed by atoms with Crippen molar-refractivity contribution in [1.82, 2.24) is 9.88 Å². The van der Waals surface area contributed by atoms with E-state index in [0.29, 0.717) is 40.7 Å². The first-order chi connectivity index (χ1) is 17.8. The van der Waals surface area contributed by atoms with E-state index in [9.17, 15) is 14.5 Å². The lowest BCUT2D eigenvalue weighted by atomic mass is 9.90. The molecule has 37 heavy (non-hydrogen) atoms. The van der Waals surface area contributed by atoms with Crippen LogP contribution in [0.4, 0.5) is 17.2 Å². The minimum Gasteiger partial charge on any atom is -0.354 e. The highest BCUT2D eigenvalue weighted by atomic mass is 35.5. The molecule has 186 valence electrons. The summed E-state index contributed by atoms with van der Waals surface area (Å²) >= 11 is 6.06. The molecule has 3 heterocycles. The van der Waals surface area contributed by atoms with Crippen LogP contribution < -0.4 is 9.80 Å². The first-order valence-corrected chi connectivity index (χ1v) is 12.2. The van der Waals surface area contributed by atoms with Gasteiger partial charge in [-0.3, -0.25) is 9.59 Å². The molecule has 2 amide bonds. The highest BCUT2D eigenvalue weighted by Crippen LogP contribution is 2.38. The Morgan fingerprint density at radius 3 is 2.43 bits per heavy atom. The Balaban J connectivity index is 1.51. The first kappa shape index (κ1) is 24.4. The van der Waals surface area contributed by atoms with Crippen molar-refractivity contribution in [3.8, 4) is 6.07 Å². The van der Waals surface area contributed by atoms with Crippen molar-refractivity contribution in [1.29, 1.82) is 5.26 Å². The number of hydrogen-bond acceptors (Lipinski definition) is 6. The van der Waals surface area contributed by atoms with Gasteiger partial charge in [0.15, 0.2) is 7.05 Å². The van der Waals surface area contributed by atoms with Crippen molar-refractivity contribution in [2.45, 2.75) is 18.5 Å². The van der Waals surface area contributed by atoms with Crippen LogP contribution in [0.25, 0.3) is 0 Å². The molecule has 2 fully saturated rings. The minimum atomic E-state index is -1.11. The average Bonchev–Trinajstić information content (AvgIpc) is 3.36. The Bertz CT molecular complexity index is 1400.